The highest BCUT2D eigenvalue weighted by atomic mass is 15.0. The van der Waals surface area contributed by atoms with Crippen LogP contribution in [0.25, 0.3) is 0 Å². The van der Waals surface area contributed by atoms with E-state index >= 15 is 0 Å². The van der Waals surface area contributed by atoms with Crippen LogP contribution >= 0.6 is 0 Å². The van der Waals surface area contributed by atoms with Crippen LogP contribution in [-0.4, -0.2) is 18.6 Å². The molecule has 2 rings (SSSR count). The van der Waals surface area contributed by atoms with Crippen molar-refractivity contribution in [2.45, 2.75) is 26.2 Å². The third kappa shape index (κ3) is 2.41. The van der Waals surface area contributed by atoms with E-state index in [0.29, 0.717) is 5.41 Å². The zero-order valence-corrected chi connectivity index (χ0v) is 9.51. The van der Waals surface area contributed by atoms with Gasteiger partial charge in [-0.2, -0.15) is 0 Å². The van der Waals surface area contributed by atoms with Gasteiger partial charge in [0, 0.05) is 31.5 Å². The Morgan fingerprint density at radius 3 is 2.87 bits per heavy atom. The van der Waals surface area contributed by atoms with Crippen molar-refractivity contribution in [3.05, 3.63) is 18.3 Å². The van der Waals surface area contributed by atoms with E-state index < -0.39 is 0 Å². The van der Waals surface area contributed by atoms with Crippen LogP contribution in [0.1, 0.15) is 26.2 Å². The van der Waals surface area contributed by atoms with Gasteiger partial charge in [0.2, 0.25) is 0 Å². The van der Waals surface area contributed by atoms with Crippen LogP contribution in [0.15, 0.2) is 18.3 Å². The first kappa shape index (κ1) is 10.3. The Balaban J connectivity index is 1.92. The van der Waals surface area contributed by atoms with Crippen molar-refractivity contribution in [1.29, 1.82) is 0 Å². The molecule has 1 aromatic heterocycles. The predicted molar refractivity (Wildman–Crippen MR) is 64.2 cm³/mol. The summed E-state index contributed by atoms with van der Waals surface area (Å²) in [6, 6.07) is 4.06. The second kappa shape index (κ2) is 4.09. The molecule has 82 valence electrons. The number of hydrogen-bond acceptors (Lipinski definition) is 3. The van der Waals surface area contributed by atoms with Gasteiger partial charge in [-0.3, -0.25) is 0 Å². The van der Waals surface area contributed by atoms with Crippen LogP contribution in [-0.2, 0) is 0 Å². The molecule has 0 aliphatic heterocycles. The topological polar surface area (TPSA) is 37.0 Å². The first-order valence-corrected chi connectivity index (χ1v) is 5.60. The first-order chi connectivity index (χ1) is 7.22. The van der Waals surface area contributed by atoms with Gasteiger partial charge in [0.15, 0.2) is 0 Å². The normalized spacial score (nSPS) is 18.0. The van der Waals surface area contributed by atoms with Crippen molar-refractivity contribution in [3.8, 4) is 0 Å². The molecule has 15 heavy (non-hydrogen) atoms. The molecule has 1 heterocycles. The highest BCUT2D eigenvalue weighted by molar-refractivity contribution is 5.51. The van der Waals surface area contributed by atoms with Gasteiger partial charge >= 0.3 is 0 Å². The van der Waals surface area contributed by atoms with Crippen molar-refractivity contribution >= 4 is 11.5 Å². The maximum atomic E-state index is 4.19. The van der Waals surface area contributed by atoms with E-state index in [1.54, 1.807) is 0 Å². The molecule has 0 spiro atoms. The number of nitrogens with one attached hydrogen (secondary N) is 2. The Morgan fingerprint density at radius 1 is 1.47 bits per heavy atom. The van der Waals surface area contributed by atoms with Crippen LogP contribution in [0.5, 0.6) is 0 Å². The van der Waals surface area contributed by atoms with E-state index in [1.165, 1.54) is 19.3 Å². The van der Waals surface area contributed by atoms with Crippen molar-refractivity contribution in [1.82, 2.24) is 4.98 Å². The average molecular weight is 205 g/mol. The number of nitrogens with zero attached hydrogens (tertiary/aromatic N) is 1. The Labute approximate surface area is 91.3 Å². The van der Waals surface area contributed by atoms with Crippen molar-refractivity contribution in [3.63, 3.8) is 0 Å². The lowest BCUT2D eigenvalue weighted by molar-refractivity contribution is 0.180. The molecule has 1 fully saturated rings. The summed E-state index contributed by atoms with van der Waals surface area (Å²) in [4.78, 5) is 4.19. The van der Waals surface area contributed by atoms with Gasteiger partial charge in [0.1, 0.15) is 5.82 Å². The molecule has 0 unspecified atom stereocenters. The standard InChI is InChI=1S/C12H19N3/c1-12(5-3-6-12)9-15-10-4-7-14-11(8-10)13-2/h4,7-8H,3,5-6,9H2,1-2H3,(H2,13,14,15). The van der Waals surface area contributed by atoms with Gasteiger partial charge in [0.05, 0.1) is 0 Å². The number of hydrogen-bond donors (Lipinski definition) is 2. The number of rotatable bonds is 4. The molecule has 0 bridgehead atoms. The van der Waals surface area contributed by atoms with Crippen LogP contribution in [0.2, 0.25) is 0 Å². The van der Waals surface area contributed by atoms with E-state index in [1.807, 2.05) is 25.4 Å². The lowest BCUT2D eigenvalue weighted by Gasteiger charge is -2.38. The minimum Gasteiger partial charge on any atom is -0.384 e. The smallest absolute Gasteiger partial charge is 0.127 e. The van der Waals surface area contributed by atoms with Crippen molar-refractivity contribution in [2.24, 2.45) is 5.41 Å². The van der Waals surface area contributed by atoms with Gasteiger partial charge in [-0.15, -0.1) is 0 Å². The fraction of sp³-hybridized carbons (Fsp3) is 0.583. The maximum absolute atomic E-state index is 4.19. The van der Waals surface area contributed by atoms with E-state index in [9.17, 15) is 0 Å². The van der Waals surface area contributed by atoms with Crippen LogP contribution < -0.4 is 10.6 Å². The highest BCUT2D eigenvalue weighted by Gasteiger charge is 2.31. The second-order valence-corrected chi connectivity index (χ2v) is 4.70. The lowest BCUT2D eigenvalue weighted by atomic mass is 9.70. The van der Waals surface area contributed by atoms with E-state index in [-0.39, 0.29) is 0 Å². The zero-order valence-electron chi connectivity index (χ0n) is 9.51. The second-order valence-electron chi connectivity index (χ2n) is 4.70. The molecule has 0 aromatic carbocycles. The molecule has 0 amide bonds. The van der Waals surface area contributed by atoms with Crippen LogP contribution in [0.3, 0.4) is 0 Å². The van der Waals surface area contributed by atoms with E-state index in [4.69, 9.17) is 0 Å². The van der Waals surface area contributed by atoms with Gasteiger partial charge in [0.25, 0.3) is 0 Å². The molecule has 1 aromatic rings. The number of pyridine rings is 1. The average Bonchev–Trinajstić information content (AvgIpc) is 2.24. The van der Waals surface area contributed by atoms with Gasteiger partial charge in [-0.05, 0) is 24.3 Å². The summed E-state index contributed by atoms with van der Waals surface area (Å²) < 4.78 is 0. The monoisotopic (exact) mass is 205 g/mol. The Hall–Kier alpha value is -1.25. The Kier molecular flexibility index (Phi) is 2.80. The Bertz CT molecular complexity index is 331. The molecule has 3 nitrogen and oxygen atoms in total. The van der Waals surface area contributed by atoms with Crippen molar-refractivity contribution < 1.29 is 0 Å². The highest BCUT2D eigenvalue weighted by Crippen LogP contribution is 2.40. The van der Waals surface area contributed by atoms with Crippen LogP contribution in [0.4, 0.5) is 11.5 Å². The molecule has 1 aliphatic carbocycles. The van der Waals surface area contributed by atoms with Crippen LogP contribution in [0, 0.1) is 5.41 Å². The summed E-state index contributed by atoms with van der Waals surface area (Å²) >= 11 is 0. The largest absolute Gasteiger partial charge is 0.384 e. The molecule has 1 saturated carbocycles. The summed E-state index contributed by atoms with van der Waals surface area (Å²) in [5, 5.41) is 6.52. The summed E-state index contributed by atoms with van der Waals surface area (Å²) in [6.07, 6.45) is 5.92. The molecular formula is C12H19N3. The molecular weight excluding hydrogens is 186 g/mol. The SMILES string of the molecule is CNc1cc(NCC2(C)CCC2)ccn1. The molecule has 1 aliphatic rings. The summed E-state index contributed by atoms with van der Waals surface area (Å²) in [7, 11) is 1.89. The molecule has 0 atom stereocenters. The third-order valence-electron chi connectivity index (χ3n) is 3.30. The number of anilines is 2. The van der Waals surface area contributed by atoms with E-state index in [0.717, 1.165) is 18.1 Å². The third-order valence-corrected chi connectivity index (χ3v) is 3.30. The summed E-state index contributed by atoms with van der Waals surface area (Å²) in [5.41, 5.74) is 1.67. The first-order valence-electron chi connectivity index (χ1n) is 5.60. The number of aromatic nitrogens is 1. The van der Waals surface area contributed by atoms with Gasteiger partial charge < -0.3 is 10.6 Å². The molecule has 3 heteroatoms. The predicted octanol–water partition coefficient (Wildman–Crippen LogP) is 2.73. The quantitative estimate of drug-likeness (QED) is 0.793. The molecule has 0 saturated heterocycles. The Morgan fingerprint density at radius 2 is 2.27 bits per heavy atom. The summed E-state index contributed by atoms with van der Waals surface area (Å²) in [5.74, 6) is 0.916. The fourth-order valence-electron chi connectivity index (χ4n) is 1.95. The lowest BCUT2D eigenvalue weighted by Crippen LogP contribution is -2.33. The minimum absolute atomic E-state index is 0.517. The molecule has 0 radical (unpaired) electrons. The van der Waals surface area contributed by atoms with Crippen molar-refractivity contribution in [2.75, 3.05) is 24.2 Å². The minimum atomic E-state index is 0.517. The zero-order chi connectivity index (χ0) is 10.7. The summed E-state index contributed by atoms with van der Waals surface area (Å²) in [6.45, 7) is 3.42. The van der Waals surface area contributed by atoms with Gasteiger partial charge in [-0.25, -0.2) is 4.98 Å². The molecule has 2 N–H and O–H groups in total. The van der Waals surface area contributed by atoms with Gasteiger partial charge in [-0.1, -0.05) is 13.3 Å². The van der Waals surface area contributed by atoms with E-state index in [2.05, 4.69) is 22.5 Å². The maximum Gasteiger partial charge on any atom is 0.127 e. The fourth-order valence-corrected chi connectivity index (χ4v) is 1.95.